The number of nitrogens with zero attached hydrogens (tertiary/aromatic N) is 3. The number of rotatable bonds is 3. The fraction of sp³-hybridized carbons (Fsp3) is 0.533. The van der Waals surface area contributed by atoms with E-state index in [9.17, 15) is 4.79 Å². The lowest BCUT2D eigenvalue weighted by Gasteiger charge is -2.11. The number of ether oxygens (including phenoxy) is 1. The van der Waals surface area contributed by atoms with Gasteiger partial charge < -0.3 is 10.1 Å². The maximum Gasteiger partial charge on any atom is 0.252 e. The van der Waals surface area contributed by atoms with Crippen molar-refractivity contribution in [3.8, 4) is 0 Å². The van der Waals surface area contributed by atoms with Crippen LogP contribution in [0.25, 0.3) is 11.0 Å². The highest BCUT2D eigenvalue weighted by Crippen LogP contribution is 2.21. The van der Waals surface area contributed by atoms with Crippen LogP contribution in [0.2, 0.25) is 0 Å². The van der Waals surface area contributed by atoms with Gasteiger partial charge in [0.25, 0.3) is 5.91 Å². The summed E-state index contributed by atoms with van der Waals surface area (Å²) < 4.78 is 7.25. The van der Waals surface area contributed by atoms with E-state index in [1.54, 1.807) is 4.68 Å². The van der Waals surface area contributed by atoms with Crippen molar-refractivity contribution in [2.75, 3.05) is 13.2 Å². The monoisotopic (exact) mass is 288 g/mol. The van der Waals surface area contributed by atoms with Gasteiger partial charge in [-0.2, -0.15) is 5.10 Å². The van der Waals surface area contributed by atoms with E-state index in [0.29, 0.717) is 12.1 Å². The van der Waals surface area contributed by atoms with Crippen LogP contribution in [0.1, 0.15) is 34.6 Å². The number of nitrogens with one attached hydrogen (secondary N) is 1. The Balaban J connectivity index is 1.89. The van der Waals surface area contributed by atoms with Crippen LogP contribution in [0.3, 0.4) is 0 Å². The van der Waals surface area contributed by atoms with Gasteiger partial charge in [-0.1, -0.05) is 0 Å². The average Bonchev–Trinajstić information content (AvgIpc) is 3.05. The minimum Gasteiger partial charge on any atom is -0.376 e. The largest absolute Gasteiger partial charge is 0.376 e. The lowest BCUT2D eigenvalue weighted by molar-refractivity contribution is 0.0859. The molecule has 1 atom stereocenters. The highest BCUT2D eigenvalue weighted by atomic mass is 16.5. The average molecular weight is 288 g/mol. The van der Waals surface area contributed by atoms with Crippen molar-refractivity contribution in [2.24, 2.45) is 7.05 Å². The van der Waals surface area contributed by atoms with Crippen LogP contribution in [0.4, 0.5) is 0 Å². The molecule has 3 heterocycles. The predicted octanol–water partition coefficient (Wildman–Crippen LogP) is 1.49. The molecule has 1 N–H and O–H groups in total. The van der Waals surface area contributed by atoms with Crippen molar-refractivity contribution >= 4 is 16.9 Å². The van der Waals surface area contributed by atoms with Gasteiger partial charge in [-0.25, -0.2) is 4.98 Å². The Hall–Kier alpha value is -1.95. The fourth-order valence-electron chi connectivity index (χ4n) is 2.86. The number of hydrogen-bond donors (Lipinski definition) is 1. The van der Waals surface area contributed by atoms with E-state index in [2.05, 4.69) is 15.4 Å². The van der Waals surface area contributed by atoms with Crippen molar-refractivity contribution in [3.05, 3.63) is 23.0 Å². The van der Waals surface area contributed by atoms with Crippen molar-refractivity contribution < 1.29 is 9.53 Å². The third-order valence-corrected chi connectivity index (χ3v) is 3.86. The number of fused-ring (bicyclic) bond motifs is 1. The van der Waals surface area contributed by atoms with Gasteiger partial charge in [-0.3, -0.25) is 9.48 Å². The molecule has 0 bridgehead atoms. The number of amides is 1. The predicted molar refractivity (Wildman–Crippen MR) is 79.3 cm³/mol. The third kappa shape index (κ3) is 2.63. The second kappa shape index (κ2) is 5.44. The quantitative estimate of drug-likeness (QED) is 0.929. The van der Waals surface area contributed by atoms with Crippen LogP contribution in [0.15, 0.2) is 6.07 Å². The highest BCUT2D eigenvalue weighted by Gasteiger charge is 2.20. The third-order valence-electron chi connectivity index (χ3n) is 3.86. The number of aryl methyl sites for hydroxylation is 3. The van der Waals surface area contributed by atoms with E-state index in [1.807, 2.05) is 27.0 Å². The van der Waals surface area contributed by atoms with Gasteiger partial charge in [0.1, 0.15) is 0 Å². The lowest BCUT2D eigenvalue weighted by atomic mass is 10.1. The lowest BCUT2D eigenvalue weighted by Crippen LogP contribution is -2.32. The molecule has 0 aromatic carbocycles. The van der Waals surface area contributed by atoms with Crippen LogP contribution in [-0.4, -0.2) is 39.9 Å². The second-order valence-electron chi connectivity index (χ2n) is 5.56. The molecule has 0 radical (unpaired) electrons. The van der Waals surface area contributed by atoms with Crippen molar-refractivity contribution in [3.63, 3.8) is 0 Å². The Bertz CT molecular complexity index is 687. The summed E-state index contributed by atoms with van der Waals surface area (Å²) in [5.74, 6) is -0.0860. The summed E-state index contributed by atoms with van der Waals surface area (Å²) in [5, 5.41) is 8.16. The summed E-state index contributed by atoms with van der Waals surface area (Å²) in [6, 6.07) is 1.82. The van der Waals surface area contributed by atoms with Gasteiger partial charge in [0.2, 0.25) is 0 Å². The van der Waals surface area contributed by atoms with E-state index in [0.717, 1.165) is 41.9 Å². The first-order valence-electron chi connectivity index (χ1n) is 7.27. The summed E-state index contributed by atoms with van der Waals surface area (Å²) in [5.41, 5.74) is 3.02. The van der Waals surface area contributed by atoms with Gasteiger partial charge in [-0.05, 0) is 32.8 Å². The SMILES string of the molecule is Cc1cc(C(=O)NC[C@@H]2CCCO2)c2c(C)nn(C)c2n1. The zero-order valence-corrected chi connectivity index (χ0v) is 12.6. The smallest absolute Gasteiger partial charge is 0.252 e. The Morgan fingerprint density at radius 3 is 3.05 bits per heavy atom. The molecule has 2 aromatic heterocycles. The first-order chi connectivity index (χ1) is 10.1. The molecule has 1 amide bonds. The highest BCUT2D eigenvalue weighted by molar-refractivity contribution is 6.06. The molecular formula is C15H20N4O2. The number of carbonyl (C=O) groups is 1. The van der Waals surface area contributed by atoms with E-state index in [4.69, 9.17) is 4.74 Å². The van der Waals surface area contributed by atoms with Crippen LogP contribution >= 0.6 is 0 Å². The number of carbonyl (C=O) groups excluding carboxylic acids is 1. The first-order valence-corrected chi connectivity index (χ1v) is 7.27. The number of hydrogen-bond acceptors (Lipinski definition) is 4. The zero-order chi connectivity index (χ0) is 15.0. The summed E-state index contributed by atoms with van der Waals surface area (Å²) in [7, 11) is 1.84. The number of pyridine rings is 1. The van der Waals surface area contributed by atoms with Gasteiger partial charge >= 0.3 is 0 Å². The van der Waals surface area contributed by atoms with Crippen LogP contribution in [-0.2, 0) is 11.8 Å². The Labute approximate surface area is 123 Å². The molecule has 2 aromatic rings. The molecule has 0 spiro atoms. The van der Waals surface area contributed by atoms with Crippen molar-refractivity contribution in [1.82, 2.24) is 20.1 Å². The van der Waals surface area contributed by atoms with E-state index in [-0.39, 0.29) is 12.0 Å². The molecule has 0 unspecified atom stereocenters. The Kier molecular flexibility index (Phi) is 3.63. The number of aromatic nitrogens is 3. The van der Waals surface area contributed by atoms with Crippen molar-refractivity contribution in [1.29, 1.82) is 0 Å². The topological polar surface area (TPSA) is 69.0 Å². The molecule has 0 saturated carbocycles. The maximum atomic E-state index is 12.5. The minimum atomic E-state index is -0.0860. The van der Waals surface area contributed by atoms with Gasteiger partial charge in [0.15, 0.2) is 5.65 Å². The van der Waals surface area contributed by atoms with Gasteiger partial charge in [0, 0.05) is 25.9 Å². The van der Waals surface area contributed by atoms with E-state index < -0.39 is 0 Å². The summed E-state index contributed by atoms with van der Waals surface area (Å²) in [4.78, 5) is 17.0. The van der Waals surface area contributed by atoms with Crippen LogP contribution in [0.5, 0.6) is 0 Å². The molecule has 21 heavy (non-hydrogen) atoms. The molecule has 6 nitrogen and oxygen atoms in total. The molecular weight excluding hydrogens is 268 g/mol. The Morgan fingerprint density at radius 1 is 1.52 bits per heavy atom. The molecule has 3 rings (SSSR count). The Morgan fingerprint density at radius 2 is 2.33 bits per heavy atom. The normalized spacial score (nSPS) is 18.3. The fourth-order valence-corrected chi connectivity index (χ4v) is 2.86. The summed E-state index contributed by atoms with van der Waals surface area (Å²) in [6.45, 7) is 5.14. The summed E-state index contributed by atoms with van der Waals surface area (Å²) >= 11 is 0. The molecule has 1 fully saturated rings. The van der Waals surface area contributed by atoms with Crippen molar-refractivity contribution in [2.45, 2.75) is 32.8 Å². The molecule has 1 saturated heterocycles. The molecule has 0 aliphatic carbocycles. The second-order valence-corrected chi connectivity index (χ2v) is 5.56. The summed E-state index contributed by atoms with van der Waals surface area (Å²) in [6.07, 6.45) is 2.22. The molecule has 1 aliphatic heterocycles. The zero-order valence-electron chi connectivity index (χ0n) is 12.6. The molecule has 6 heteroatoms. The van der Waals surface area contributed by atoms with E-state index in [1.165, 1.54) is 0 Å². The van der Waals surface area contributed by atoms with Crippen LogP contribution in [0, 0.1) is 13.8 Å². The standard InChI is InChI=1S/C15H20N4O2/c1-9-7-12(13-10(2)18-19(3)14(13)17-9)15(20)16-8-11-5-4-6-21-11/h7,11H,4-6,8H2,1-3H3,(H,16,20)/t11-/m0/s1. The molecule has 1 aliphatic rings. The van der Waals surface area contributed by atoms with Gasteiger partial charge in [-0.15, -0.1) is 0 Å². The van der Waals surface area contributed by atoms with Gasteiger partial charge in [0.05, 0.1) is 22.7 Å². The minimum absolute atomic E-state index is 0.0860. The maximum absolute atomic E-state index is 12.5. The van der Waals surface area contributed by atoms with Crippen LogP contribution < -0.4 is 5.32 Å². The first kappa shape index (κ1) is 14.0. The molecule has 112 valence electrons. The van der Waals surface area contributed by atoms with E-state index >= 15 is 0 Å².